The topological polar surface area (TPSA) is 35.5 Å². The van der Waals surface area contributed by atoms with Gasteiger partial charge in [-0.25, -0.2) is 0 Å². The maximum absolute atomic E-state index is 11.2. The van der Waals surface area contributed by atoms with Gasteiger partial charge in [-0.15, -0.1) is 0 Å². The molecule has 180 valence electrons. The Kier molecular flexibility index (Phi) is 7.89. The van der Waals surface area contributed by atoms with Crippen LogP contribution in [0.2, 0.25) is 0 Å². The van der Waals surface area contributed by atoms with Crippen LogP contribution in [-0.4, -0.2) is 23.1 Å². The Morgan fingerprint density at radius 1 is 0.714 bits per heavy atom. The van der Waals surface area contributed by atoms with Crippen molar-refractivity contribution in [3.63, 3.8) is 0 Å². The fourth-order valence-electron chi connectivity index (χ4n) is 4.91. The van der Waals surface area contributed by atoms with E-state index in [1.165, 1.54) is 27.9 Å². The fraction of sp³-hybridized carbons (Fsp3) is 0.250. The standard InChI is InChI=1S/C32H36N2O/c1-23-17-25(3)31(26(4)18-23)33-15-16-34(21-27-11-7-5-8-12-27)22-29-19-24(2)20-30(32(29)35)28-13-9-6-10-14-28/h5-14,17-20,33,35H,15-16,21-22H2,1-4H3. The van der Waals surface area contributed by atoms with Crippen LogP contribution in [0.5, 0.6) is 5.75 Å². The fourth-order valence-corrected chi connectivity index (χ4v) is 4.91. The van der Waals surface area contributed by atoms with Crippen LogP contribution in [0.25, 0.3) is 11.1 Å². The first-order valence-electron chi connectivity index (χ1n) is 12.4. The first-order chi connectivity index (χ1) is 16.9. The van der Waals surface area contributed by atoms with Gasteiger partial charge in [-0.05, 0) is 61.6 Å². The quantitative estimate of drug-likeness (QED) is 0.271. The summed E-state index contributed by atoms with van der Waals surface area (Å²) in [4.78, 5) is 2.41. The highest BCUT2D eigenvalue weighted by Gasteiger charge is 2.15. The summed E-state index contributed by atoms with van der Waals surface area (Å²) in [6.07, 6.45) is 0. The van der Waals surface area contributed by atoms with Gasteiger partial charge in [0.25, 0.3) is 0 Å². The molecule has 35 heavy (non-hydrogen) atoms. The van der Waals surface area contributed by atoms with Crippen LogP contribution in [0.15, 0.2) is 84.9 Å². The molecule has 0 heterocycles. The van der Waals surface area contributed by atoms with Crippen molar-refractivity contribution in [2.24, 2.45) is 0 Å². The van der Waals surface area contributed by atoms with Crippen molar-refractivity contribution in [3.8, 4) is 16.9 Å². The van der Waals surface area contributed by atoms with E-state index in [4.69, 9.17) is 0 Å². The van der Waals surface area contributed by atoms with Crippen molar-refractivity contribution in [1.29, 1.82) is 0 Å². The second-order valence-electron chi connectivity index (χ2n) is 9.58. The number of benzene rings is 4. The molecule has 3 nitrogen and oxygen atoms in total. The number of anilines is 1. The molecule has 2 N–H and O–H groups in total. The number of aryl methyl sites for hydroxylation is 4. The highest BCUT2D eigenvalue weighted by molar-refractivity contribution is 5.72. The van der Waals surface area contributed by atoms with Gasteiger partial charge < -0.3 is 10.4 Å². The number of hydrogen-bond acceptors (Lipinski definition) is 3. The van der Waals surface area contributed by atoms with Crippen molar-refractivity contribution in [2.45, 2.75) is 40.8 Å². The molecule has 0 unspecified atom stereocenters. The number of nitrogens with one attached hydrogen (secondary N) is 1. The predicted octanol–water partition coefficient (Wildman–Crippen LogP) is 7.41. The van der Waals surface area contributed by atoms with Crippen molar-refractivity contribution in [3.05, 3.63) is 118 Å². The highest BCUT2D eigenvalue weighted by Crippen LogP contribution is 2.34. The van der Waals surface area contributed by atoms with E-state index in [2.05, 4.69) is 105 Å². The molecule has 0 aromatic heterocycles. The lowest BCUT2D eigenvalue weighted by Crippen LogP contribution is -2.29. The number of nitrogens with zero attached hydrogens (tertiary/aromatic N) is 1. The highest BCUT2D eigenvalue weighted by atomic mass is 16.3. The lowest BCUT2D eigenvalue weighted by molar-refractivity contribution is 0.263. The largest absolute Gasteiger partial charge is 0.507 e. The maximum Gasteiger partial charge on any atom is 0.127 e. The van der Waals surface area contributed by atoms with E-state index in [1.54, 1.807) is 0 Å². The van der Waals surface area contributed by atoms with Crippen LogP contribution >= 0.6 is 0 Å². The molecule has 0 aliphatic heterocycles. The summed E-state index contributed by atoms with van der Waals surface area (Å²) in [7, 11) is 0. The molecule has 0 spiro atoms. The molecule has 0 saturated carbocycles. The second-order valence-corrected chi connectivity index (χ2v) is 9.58. The minimum absolute atomic E-state index is 0.373. The SMILES string of the molecule is Cc1cc(C)c(NCCN(Cc2ccccc2)Cc2cc(C)cc(-c3ccccc3)c2O)c(C)c1. The summed E-state index contributed by atoms with van der Waals surface area (Å²) in [5, 5.41) is 14.9. The van der Waals surface area contributed by atoms with Crippen molar-refractivity contribution >= 4 is 5.69 Å². The summed E-state index contributed by atoms with van der Waals surface area (Å²) in [6.45, 7) is 11.8. The third-order valence-corrected chi connectivity index (χ3v) is 6.47. The minimum atomic E-state index is 0.373. The average Bonchev–Trinajstić information content (AvgIpc) is 2.84. The molecular weight excluding hydrogens is 428 g/mol. The van der Waals surface area contributed by atoms with Crippen LogP contribution in [0, 0.1) is 27.7 Å². The van der Waals surface area contributed by atoms with Gasteiger partial charge in [0.05, 0.1) is 0 Å². The van der Waals surface area contributed by atoms with Crippen LogP contribution < -0.4 is 5.32 Å². The molecule has 4 rings (SSSR count). The Balaban J connectivity index is 1.56. The molecular formula is C32H36N2O. The van der Waals surface area contributed by atoms with E-state index < -0.39 is 0 Å². The van der Waals surface area contributed by atoms with E-state index in [1.807, 2.05) is 18.2 Å². The Labute approximate surface area is 210 Å². The number of aromatic hydroxyl groups is 1. The Hall–Kier alpha value is -3.56. The third-order valence-electron chi connectivity index (χ3n) is 6.47. The van der Waals surface area contributed by atoms with Gasteiger partial charge >= 0.3 is 0 Å². The summed E-state index contributed by atoms with van der Waals surface area (Å²) >= 11 is 0. The van der Waals surface area contributed by atoms with E-state index in [-0.39, 0.29) is 0 Å². The van der Waals surface area contributed by atoms with E-state index in [0.717, 1.165) is 41.9 Å². The molecule has 0 radical (unpaired) electrons. The number of phenols is 1. The zero-order chi connectivity index (χ0) is 24.8. The summed E-state index contributed by atoms with van der Waals surface area (Å²) < 4.78 is 0. The zero-order valence-electron chi connectivity index (χ0n) is 21.3. The predicted molar refractivity (Wildman–Crippen MR) is 148 cm³/mol. The zero-order valence-corrected chi connectivity index (χ0v) is 21.3. The monoisotopic (exact) mass is 464 g/mol. The van der Waals surface area contributed by atoms with Gasteiger partial charge in [-0.2, -0.15) is 0 Å². The van der Waals surface area contributed by atoms with E-state index in [9.17, 15) is 5.11 Å². The van der Waals surface area contributed by atoms with Gasteiger partial charge in [0.1, 0.15) is 5.75 Å². The molecule has 0 atom stereocenters. The molecule has 0 aliphatic rings. The minimum Gasteiger partial charge on any atom is -0.507 e. The lowest BCUT2D eigenvalue weighted by Gasteiger charge is -2.25. The number of rotatable bonds is 9. The molecule has 0 aliphatic carbocycles. The first kappa shape index (κ1) is 24.6. The average molecular weight is 465 g/mol. The Bertz CT molecular complexity index is 1240. The van der Waals surface area contributed by atoms with Crippen LogP contribution in [-0.2, 0) is 13.1 Å². The summed E-state index contributed by atoms with van der Waals surface area (Å²) in [6, 6.07) is 29.3. The van der Waals surface area contributed by atoms with Crippen LogP contribution in [0.1, 0.15) is 33.4 Å². The molecule has 0 saturated heterocycles. The van der Waals surface area contributed by atoms with Gasteiger partial charge in [0, 0.05) is 43.0 Å². The molecule has 0 bridgehead atoms. The lowest BCUT2D eigenvalue weighted by atomic mass is 9.98. The normalized spacial score (nSPS) is 11.1. The van der Waals surface area contributed by atoms with E-state index in [0.29, 0.717) is 12.3 Å². The van der Waals surface area contributed by atoms with Crippen molar-refractivity contribution < 1.29 is 5.11 Å². The molecule has 4 aromatic carbocycles. The maximum atomic E-state index is 11.2. The summed E-state index contributed by atoms with van der Waals surface area (Å²) in [5.74, 6) is 0.373. The van der Waals surface area contributed by atoms with Crippen molar-refractivity contribution in [1.82, 2.24) is 4.90 Å². The number of hydrogen-bond donors (Lipinski definition) is 2. The molecule has 4 aromatic rings. The van der Waals surface area contributed by atoms with Gasteiger partial charge in [-0.3, -0.25) is 4.90 Å². The Morgan fingerprint density at radius 3 is 1.97 bits per heavy atom. The van der Waals surface area contributed by atoms with E-state index >= 15 is 0 Å². The number of phenolic OH excluding ortho intramolecular Hbond substituents is 1. The first-order valence-corrected chi connectivity index (χ1v) is 12.4. The van der Waals surface area contributed by atoms with Crippen LogP contribution in [0.3, 0.4) is 0 Å². The third kappa shape index (κ3) is 6.32. The molecule has 0 fully saturated rings. The van der Waals surface area contributed by atoms with Gasteiger partial charge in [0.15, 0.2) is 0 Å². The van der Waals surface area contributed by atoms with Gasteiger partial charge in [0.2, 0.25) is 0 Å². The van der Waals surface area contributed by atoms with Crippen LogP contribution in [0.4, 0.5) is 5.69 Å². The van der Waals surface area contributed by atoms with Crippen molar-refractivity contribution in [2.75, 3.05) is 18.4 Å². The molecule has 0 amide bonds. The summed E-state index contributed by atoms with van der Waals surface area (Å²) in [5.41, 5.74) is 10.4. The molecule has 3 heteroatoms. The second kappa shape index (κ2) is 11.2. The Morgan fingerprint density at radius 2 is 1.31 bits per heavy atom. The van der Waals surface area contributed by atoms with Gasteiger partial charge in [-0.1, -0.05) is 84.4 Å². The smallest absolute Gasteiger partial charge is 0.127 e.